The van der Waals surface area contributed by atoms with E-state index in [1.807, 2.05) is 24.3 Å². The van der Waals surface area contributed by atoms with Crippen LogP contribution >= 0.6 is 11.6 Å². The number of Topliss-reactive ketones (excluding diaryl/α,β-unsaturated/α-hetero) is 1. The van der Waals surface area contributed by atoms with Crippen molar-refractivity contribution in [3.05, 3.63) is 100 Å². The lowest BCUT2D eigenvalue weighted by atomic mass is 9.83. The molecule has 0 aromatic heterocycles. The highest BCUT2D eigenvalue weighted by atomic mass is 35.5. The third kappa shape index (κ3) is 2.86. The smallest absolute Gasteiger partial charge is 0.240 e. The second-order valence-corrected chi connectivity index (χ2v) is 8.94. The van der Waals surface area contributed by atoms with E-state index in [1.165, 1.54) is 12.1 Å². The molecule has 3 heterocycles. The first-order valence-electron chi connectivity index (χ1n) is 10.8. The number of rotatable bonds is 3. The second-order valence-electron chi connectivity index (χ2n) is 8.54. The molecule has 2 fully saturated rings. The van der Waals surface area contributed by atoms with Gasteiger partial charge in [0.1, 0.15) is 11.9 Å². The summed E-state index contributed by atoms with van der Waals surface area (Å²) in [5.74, 6) is -3.68. The fourth-order valence-electron chi connectivity index (χ4n) is 5.32. The molecule has 3 aromatic carbocycles. The van der Waals surface area contributed by atoms with Crippen molar-refractivity contribution < 1.29 is 18.8 Å². The van der Waals surface area contributed by atoms with E-state index >= 15 is 0 Å². The largest absolute Gasteiger partial charge is 0.292 e. The number of amides is 2. The van der Waals surface area contributed by atoms with Gasteiger partial charge in [-0.3, -0.25) is 19.4 Å². The Morgan fingerprint density at radius 3 is 2.38 bits per heavy atom. The van der Waals surface area contributed by atoms with Gasteiger partial charge in [0, 0.05) is 5.56 Å². The predicted molar refractivity (Wildman–Crippen MR) is 124 cm³/mol. The van der Waals surface area contributed by atoms with Crippen molar-refractivity contribution in [3.8, 4) is 0 Å². The Kier molecular flexibility index (Phi) is 4.64. The number of imide groups is 1. The first-order chi connectivity index (χ1) is 16.5. The number of benzene rings is 3. The van der Waals surface area contributed by atoms with E-state index < -0.39 is 41.6 Å². The molecule has 168 valence electrons. The highest BCUT2D eigenvalue weighted by molar-refractivity contribution is 6.31. The first kappa shape index (κ1) is 20.7. The Balaban J connectivity index is 1.50. The molecule has 3 aromatic rings. The van der Waals surface area contributed by atoms with Gasteiger partial charge >= 0.3 is 0 Å². The van der Waals surface area contributed by atoms with E-state index in [0.717, 1.165) is 22.1 Å². The van der Waals surface area contributed by atoms with Gasteiger partial charge in [0.2, 0.25) is 11.8 Å². The maximum atomic E-state index is 13.8. The number of carbonyl (C=O) groups excluding carboxylic acids is 3. The van der Waals surface area contributed by atoms with Crippen molar-refractivity contribution in [2.24, 2.45) is 16.9 Å². The summed E-state index contributed by atoms with van der Waals surface area (Å²) in [7, 11) is 0. The van der Waals surface area contributed by atoms with Crippen LogP contribution in [0.4, 0.5) is 10.1 Å². The zero-order valence-electron chi connectivity index (χ0n) is 17.6. The van der Waals surface area contributed by atoms with Gasteiger partial charge in [-0.05, 0) is 29.3 Å². The predicted octanol–water partition coefficient (Wildman–Crippen LogP) is 4.24. The van der Waals surface area contributed by atoms with Gasteiger partial charge in [-0.15, -0.1) is 0 Å². The van der Waals surface area contributed by atoms with Crippen molar-refractivity contribution >= 4 is 41.1 Å². The Morgan fingerprint density at radius 2 is 1.62 bits per heavy atom. The summed E-state index contributed by atoms with van der Waals surface area (Å²) in [5, 5.41) is 5.95. The minimum atomic E-state index is -0.959. The topological polar surface area (TPSA) is 70.0 Å². The van der Waals surface area contributed by atoms with Crippen molar-refractivity contribution in [2.75, 3.05) is 4.90 Å². The molecular formula is C26H17ClFN3O3. The number of halogens is 2. The number of carbonyl (C=O) groups is 3. The zero-order valence-corrected chi connectivity index (χ0v) is 18.4. The van der Waals surface area contributed by atoms with Gasteiger partial charge in [0.25, 0.3) is 0 Å². The molecule has 3 aliphatic rings. The zero-order chi connectivity index (χ0) is 23.6. The normalized spacial score (nSPS) is 24.8. The minimum absolute atomic E-state index is 0.181. The summed E-state index contributed by atoms with van der Waals surface area (Å²) in [4.78, 5) is 42.2. The van der Waals surface area contributed by atoms with E-state index in [1.54, 1.807) is 41.6 Å². The quantitative estimate of drug-likeness (QED) is 0.421. The maximum absolute atomic E-state index is 13.8. The molecule has 6 rings (SSSR count). The van der Waals surface area contributed by atoms with Gasteiger partial charge in [-0.2, -0.15) is 5.10 Å². The summed E-state index contributed by atoms with van der Waals surface area (Å²) < 4.78 is 13.8. The number of hydrogen-bond acceptors (Lipinski definition) is 5. The van der Waals surface area contributed by atoms with Crippen LogP contribution in [0.2, 0.25) is 5.02 Å². The average molecular weight is 474 g/mol. The molecule has 8 heteroatoms. The summed E-state index contributed by atoms with van der Waals surface area (Å²) in [5.41, 5.74) is 2.28. The SMILES string of the molecule is O=C(c1ccccc1)[C@@H]1[C@@H]2C(=O)N(c3ccc(F)c(Cl)c3)C(=O)[C@@H]2[C@@H]2c3ccccc3C=NN12. The Labute approximate surface area is 199 Å². The summed E-state index contributed by atoms with van der Waals surface area (Å²) in [6, 6.07) is 18.4. The lowest BCUT2D eigenvalue weighted by Gasteiger charge is -2.33. The third-order valence-electron chi connectivity index (χ3n) is 6.78. The van der Waals surface area contributed by atoms with Crippen LogP contribution in [0.1, 0.15) is 27.5 Å². The van der Waals surface area contributed by atoms with Gasteiger partial charge in [-0.1, -0.05) is 66.2 Å². The molecular weight excluding hydrogens is 457 g/mol. The highest BCUT2D eigenvalue weighted by Gasteiger charge is 2.65. The molecule has 0 saturated carbocycles. The molecule has 2 saturated heterocycles. The average Bonchev–Trinajstić information content (AvgIpc) is 3.33. The van der Waals surface area contributed by atoms with Crippen molar-refractivity contribution in [1.82, 2.24) is 5.01 Å². The number of nitrogens with zero attached hydrogens (tertiary/aromatic N) is 3. The van der Waals surface area contributed by atoms with E-state index in [9.17, 15) is 18.8 Å². The number of hydrogen-bond donors (Lipinski definition) is 0. The van der Waals surface area contributed by atoms with Gasteiger partial charge < -0.3 is 0 Å². The maximum Gasteiger partial charge on any atom is 0.240 e. The summed E-state index contributed by atoms with van der Waals surface area (Å²) in [6.07, 6.45) is 1.66. The van der Waals surface area contributed by atoms with E-state index in [2.05, 4.69) is 5.10 Å². The fraction of sp³-hybridized carbons (Fsp3) is 0.154. The highest BCUT2D eigenvalue weighted by Crippen LogP contribution is 2.53. The van der Waals surface area contributed by atoms with Crippen molar-refractivity contribution in [3.63, 3.8) is 0 Å². The van der Waals surface area contributed by atoms with Crippen LogP contribution < -0.4 is 4.90 Å². The van der Waals surface area contributed by atoms with Crippen LogP contribution in [-0.2, 0) is 9.59 Å². The van der Waals surface area contributed by atoms with Crippen LogP contribution in [-0.4, -0.2) is 34.9 Å². The molecule has 2 amide bonds. The number of ketones is 1. The second kappa shape index (κ2) is 7.60. The third-order valence-corrected chi connectivity index (χ3v) is 7.07. The molecule has 3 aliphatic heterocycles. The Morgan fingerprint density at radius 1 is 0.912 bits per heavy atom. The van der Waals surface area contributed by atoms with E-state index in [4.69, 9.17) is 11.6 Å². The fourth-order valence-corrected chi connectivity index (χ4v) is 5.50. The molecule has 0 unspecified atom stereocenters. The van der Waals surface area contributed by atoms with E-state index in [0.29, 0.717) is 5.56 Å². The van der Waals surface area contributed by atoms with Crippen LogP contribution in [0.25, 0.3) is 0 Å². The summed E-state index contributed by atoms with van der Waals surface area (Å²) in [6.45, 7) is 0. The Bertz CT molecular complexity index is 1390. The molecule has 6 nitrogen and oxygen atoms in total. The molecule has 0 radical (unpaired) electrons. The van der Waals surface area contributed by atoms with Gasteiger partial charge in [0.15, 0.2) is 5.78 Å². The van der Waals surface area contributed by atoms with E-state index in [-0.39, 0.29) is 16.5 Å². The lowest BCUT2D eigenvalue weighted by molar-refractivity contribution is -0.124. The molecule has 0 bridgehead atoms. The van der Waals surface area contributed by atoms with Gasteiger partial charge in [0.05, 0.1) is 34.8 Å². The first-order valence-corrected chi connectivity index (χ1v) is 11.2. The molecule has 0 aliphatic carbocycles. The molecule has 4 atom stereocenters. The molecule has 34 heavy (non-hydrogen) atoms. The summed E-state index contributed by atoms with van der Waals surface area (Å²) >= 11 is 5.94. The van der Waals surface area contributed by atoms with Gasteiger partial charge in [-0.25, -0.2) is 9.29 Å². The standard InChI is InChI=1S/C26H17ClFN3O3/c27-18-12-16(10-11-19(18)28)30-25(33)20-21(26(30)34)23(24(32)14-6-2-1-3-7-14)31-22(20)17-9-5-4-8-15(17)13-29-31/h1-13,20-23H/t20-,21+,22-,23-/m0/s1. The lowest BCUT2D eigenvalue weighted by Crippen LogP contribution is -2.44. The number of hydrazone groups is 1. The van der Waals surface area contributed by atoms with Crippen LogP contribution in [0.5, 0.6) is 0 Å². The number of anilines is 1. The van der Waals surface area contributed by atoms with Crippen LogP contribution in [0.3, 0.4) is 0 Å². The Hall–Kier alpha value is -3.84. The molecule has 0 N–H and O–H groups in total. The minimum Gasteiger partial charge on any atom is -0.292 e. The van der Waals surface area contributed by atoms with Crippen molar-refractivity contribution in [1.29, 1.82) is 0 Å². The van der Waals surface area contributed by atoms with Crippen molar-refractivity contribution in [2.45, 2.75) is 12.1 Å². The molecule has 0 spiro atoms. The monoisotopic (exact) mass is 473 g/mol. The van der Waals surface area contributed by atoms with Crippen LogP contribution in [0.15, 0.2) is 77.9 Å². The number of fused-ring (bicyclic) bond motifs is 5. The van der Waals surface area contributed by atoms with Crippen LogP contribution in [0, 0.1) is 17.7 Å².